The molecule has 1 N–H and O–H groups in total. The van der Waals surface area contributed by atoms with Gasteiger partial charge in [-0.05, 0) is 40.2 Å². The quantitative estimate of drug-likeness (QED) is 0.476. The molecule has 8 heteroatoms. The summed E-state index contributed by atoms with van der Waals surface area (Å²) in [4.78, 5) is 16.9. The number of morpholine rings is 1. The molecule has 0 saturated carbocycles. The summed E-state index contributed by atoms with van der Waals surface area (Å²) in [7, 11) is 0. The van der Waals surface area contributed by atoms with Crippen LogP contribution in [0.2, 0.25) is 0 Å². The fraction of sp³-hybridized carbons (Fsp3) is 0.235. The Morgan fingerprint density at radius 3 is 2.56 bits per heavy atom. The van der Waals surface area contributed by atoms with Crippen molar-refractivity contribution < 1.29 is 14.8 Å². The summed E-state index contributed by atoms with van der Waals surface area (Å²) < 4.78 is 5.59. The molecule has 0 aliphatic carbocycles. The van der Waals surface area contributed by atoms with E-state index >= 15 is 0 Å². The van der Waals surface area contributed by atoms with Crippen LogP contribution in [0.25, 0.3) is 0 Å². The molecule has 3 rings (SSSR count). The summed E-state index contributed by atoms with van der Waals surface area (Å²) in [6.07, 6.45) is 1.41. The van der Waals surface area contributed by atoms with Gasteiger partial charge in [-0.15, -0.1) is 0 Å². The Kier molecular flexibility index (Phi) is 5.30. The van der Waals surface area contributed by atoms with Crippen LogP contribution in [0.4, 0.5) is 17.1 Å². The average molecular weight is 406 g/mol. The zero-order valence-corrected chi connectivity index (χ0v) is 14.8. The van der Waals surface area contributed by atoms with Crippen LogP contribution in [0.15, 0.2) is 45.9 Å². The SMILES string of the molecule is O=[N+]([O-])c1cc(Br)c(O)c(C=Nc2ccc(N3CCOCC3)cc2)c1. The maximum atomic E-state index is 10.9. The smallest absolute Gasteiger partial charge is 0.271 e. The fourth-order valence-electron chi connectivity index (χ4n) is 2.52. The van der Waals surface area contributed by atoms with Gasteiger partial charge in [-0.25, -0.2) is 0 Å². The van der Waals surface area contributed by atoms with Crippen LogP contribution in [0, 0.1) is 10.1 Å². The van der Waals surface area contributed by atoms with E-state index in [4.69, 9.17) is 4.74 Å². The molecule has 0 unspecified atom stereocenters. The molecule has 1 aliphatic heterocycles. The first-order chi connectivity index (χ1) is 12.0. The molecule has 0 spiro atoms. The Morgan fingerprint density at radius 1 is 1.24 bits per heavy atom. The first-order valence-electron chi connectivity index (χ1n) is 7.68. The van der Waals surface area contributed by atoms with Crippen LogP contribution in [0.1, 0.15) is 5.56 Å². The number of nitrogens with zero attached hydrogens (tertiary/aromatic N) is 3. The topological polar surface area (TPSA) is 88.2 Å². The summed E-state index contributed by atoms with van der Waals surface area (Å²) in [5, 5.41) is 20.9. The highest BCUT2D eigenvalue weighted by Gasteiger charge is 2.14. The molecule has 1 saturated heterocycles. The van der Waals surface area contributed by atoms with E-state index in [0.717, 1.165) is 32.0 Å². The van der Waals surface area contributed by atoms with E-state index in [1.54, 1.807) is 0 Å². The standard InChI is InChI=1S/C17H16BrN3O4/c18-16-10-15(21(23)24)9-12(17(16)22)11-19-13-1-3-14(4-2-13)20-5-7-25-8-6-20/h1-4,9-11,22H,5-8H2. The van der Waals surface area contributed by atoms with Crippen molar-refractivity contribution in [2.45, 2.75) is 0 Å². The molecule has 2 aromatic carbocycles. The van der Waals surface area contributed by atoms with Crippen LogP contribution >= 0.6 is 15.9 Å². The second kappa shape index (κ2) is 7.62. The summed E-state index contributed by atoms with van der Waals surface area (Å²) in [6.45, 7) is 3.16. The van der Waals surface area contributed by atoms with Crippen molar-refractivity contribution in [3.8, 4) is 5.75 Å². The van der Waals surface area contributed by atoms with Gasteiger partial charge < -0.3 is 14.7 Å². The number of aliphatic imine (C=N–C) groups is 1. The van der Waals surface area contributed by atoms with Gasteiger partial charge in [-0.1, -0.05) is 0 Å². The van der Waals surface area contributed by atoms with E-state index in [-0.39, 0.29) is 21.5 Å². The summed E-state index contributed by atoms with van der Waals surface area (Å²) in [5.74, 6) is -0.0840. The number of phenolic OH excluding ortho intramolecular Hbond substituents is 1. The van der Waals surface area contributed by atoms with Crippen LogP contribution in [-0.2, 0) is 4.74 Å². The van der Waals surface area contributed by atoms with E-state index in [0.29, 0.717) is 5.69 Å². The Balaban J connectivity index is 1.79. The van der Waals surface area contributed by atoms with Crippen molar-refractivity contribution in [2.75, 3.05) is 31.2 Å². The minimum Gasteiger partial charge on any atom is -0.506 e. The van der Waals surface area contributed by atoms with Crippen LogP contribution in [0.5, 0.6) is 5.75 Å². The number of aromatic hydroxyl groups is 1. The zero-order chi connectivity index (χ0) is 17.8. The van der Waals surface area contributed by atoms with Gasteiger partial charge in [0, 0.05) is 42.7 Å². The minimum absolute atomic E-state index is 0.0840. The van der Waals surface area contributed by atoms with Crippen molar-refractivity contribution in [3.05, 3.63) is 56.5 Å². The minimum atomic E-state index is -0.515. The van der Waals surface area contributed by atoms with E-state index < -0.39 is 4.92 Å². The predicted octanol–water partition coefficient (Wildman–Crippen LogP) is 3.65. The molecule has 25 heavy (non-hydrogen) atoms. The lowest BCUT2D eigenvalue weighted by Crippen LogP contribution is -2.36. The Morgan fingerprint density at radius 2 is 1.92 bits per heavy atom. The fourth-order valence-corrected chi connectivity index (χ4v) is 2.99. The number of benzene rings is 2. The first-order valence-corrected chi connectivity index (χ1v) is 8.47. The number of anilines is 1. The number of nitro groups is 1. The van der Waals surface area contributed by atoms with Crippen molar-refractivity contribution in [2.24, 2.45) is 4.99 Å². The average Bonchev–Trinajstić information content (AvgIpc) is 2.64. The molecule has 2 aromatic rings. The summed E-state index contributed by atoms with van der Waals surface area (Å²) in [6, 6.07) is 10.2. The van der Waals surface area contributed by atoms with Crippen molar-refractivity contribution >= 4 is 39.2 Å². The number of nitro benzene ring substituents is 1. The Labute approximate surface area is 152 Å². The van der Waals surface area contributed by atoms with Gasteiger partial charge in [-0.2, -0.15) is 0 Å². The number of hydrogen-bond acceptors (Lipinski definition) is 6. The number of non-ortho nitro benzene ring substituents is 1. The van der Waals surface area contributed by atoms with Gasteiger partial charge in [0.1, 0.15) is 5.75 Å². The van der Waals surface area contributed by atoms with Crippen LogP contribution < -0.4 is 4.90 Å². The molecule has 0 aromatic heterocycles. The number of rotatable bonds is 4. The van der Waals surface area contributed by atoms with Gasteiger partial charge in [0.2, 0.25) is 0 Å². The second-order valence-electron chi connectivity index (χ2n) is 5.50. The third-order valence-corrected chi connectivity index (χ3v) is 4.47. The molecule has 7 nitrogen and oxygen atoms in total. The Bertz CT molecular complexity index is 802. The lowest BCUT2D eigenvalue weighted by molar-refractivity contribution is -0.385. The second-order valence-corrected chi connectivity index (χ2v) is 6.35. The molecule has 0 amide bonds. The van der Waals surface area contributed by atoms with Crippen LogP contribution in [-0.4, -0.2) is 42.5 Å². The molecule has 130 valence electrons. The Hall–Kier alpha value is -2.45. The number of halogens is 1. The van der Waals surface area contributed by atoms with E-state index in [1.807, 2.05) is 24.3 Å². The highest BCUT2D eigenvalue weighted by molar-refractivity contribution is 9.10. The third kappa shape index (κ3) is 4.15. The highest BCUT2D eigenvalue weighted by Crippen LogP contribution is 2.32. The molecule has 0 atom stereocenters. The molecule has 1 aliphatic rings. The molecule has 1 heterocycles. The maximum absolute atomic E-state index is 10.9. The third-order valence-electron chi connectivity index (χ3n) is 3.87. The molecule has 0 bridgehead atoms. The van der Waals surface area contributed by atoms with Gasteiger partial charge >= 0.3 is 0 Å². The van der Waals surface area contributed by atoms with Crippen molar-refractivity contribution in [3.63, 3.8) is 0 Å². The normalized spacial score (nSPS) is 14.8. The van der Waals surface area contributed by atoms with Crippen molar-refractivity contribution in [1.82, 2.24) is 0 Å². The number of hydrogen-bond donors (Lipinski definition) is 1. The molecule has 1 fully saturated rings. The van der Waals surface area contributed by atoms with Gasteiger partial charge in [0.25, 0.3) is 5.69 Å². The lowest BCUT2D eigenvalue weighted by Gasteiger charge is -2.28. The number of ether oxygens (including phenoxy) is 1. The van der Waals surface area contributed by atoms with Crippen LogP contribution in [0.3, 0.4) is 0 Å². The highest BCUT2D eigenvalue weighted by atomic mass is 79.9. The first kappa shape index (κ1) is 17.4. The van der Waals surface area contributed by atoms with E-state index in [2.05, 4.69) is 25.8 Å². The largest absolute Gasteiger partial charge is 0.506 e. The predicted molar refractivity (Wildman–Crippen MR) is 99.2 cm³/mol. The summed E-state index contributed by atoms with van der Waals surface area (Å²) >= 11 is 3.11. The lowest BCUT2D eigenvalue weighted by atomic mass is 10.2. The molecular formula is C17H16BrN3O4. The molecule has 0 radical (unpaired) electrons. The number of phenols is 1. The van der Waals surface area contributed by atoms with Crippen molar-refractivity contribution in [1.29, 1.82) is 0 Å². The van der Waals surface area contributed by atoms with E-state index in [9.17, 15) is 15.2 Å². The maximum Gasteiger partial charge on any atom is 0.271 e. The monoisotopic (exact) mass is 405 g/mol. The van der Waals surface area contributed by atoms with Gasteiger partial charge in [-0.3, -0.25) is 15.1 Å². The zero-order valence-electron chi connectivity index (χ0n) is 13.3. The summed E-state index contributed by atoms with van der Waals surface area (Å²) in [5.41, 5.74) is 1.95. The molecular weight excluding hydrogens is 390 g/mol. The van der Waals surface area contributed by atoms with Gasteiger partial charge in [0.05, 0.1) is 28.3 Å². The van der Waals surface area contributed by atoms with E-state index in [1.165, 1.54) is 18.3 Å². The van der Waals surface area contributed by atoms with Gasteiger partial charge in [0.15, 0.2) is 0 Å².